The monoisotopic (exact) mass is 332 g/mol. The Morgan fingerprint density at radius 3 is 2.04 bits per heavy atom. The van der Waals surface area contributed by atoms with Crippen LogP contribution in [0.1, 0.15) is 47.8 Å². The molecule has 0 aromatic heterocycles. The summed E-state index contributed by atoms with van der Waals surface area (Å²) in [6.07, 6.45) is -2.06. The molecule has 0 amide bonds. The van der Waals surface area contributed by atoms with Crippen LogP contribution in [0.3, 0.4) is 0 Å². The molecule has 0 heterocycles. The fourth-order valence-corrected chi connectivity index (χ4v) is 2.30. The zero-order chi connectivity index (χ0) is 18.0. The molecule has 24 heavy (non-hydrogen) atoms. The summed E-state index contributed by atoms with van der Waals surface area (Å²) in [5, 5.41) is 0. The normalized spacial score (nSPS) is 12.6. The highest BCUT2D eigenvalue weighted by Gasteiger charge is 2.32. The molecule has 0 aliphatic heterocycles. The molecule has 1 nitrogen and oxygen atoms in total. The molecule has 0 aliphatic carbocycles. The number of ketones is 1. The quantitative estimate of drug-likeness (QED) is 0.505. The second-order valence-corrected chi connectivity index (χ2v) is 6.61. The van der Waals surface area contributed by atoms with E-state index in [0.29, 0.717) is 5.56 Å². The number of allylic oxidation sites excluding steroid dienone is 1. The lowest BCUT2D eigenvalue weighted by atomic mass is 9.86. The summed E-state index contributed by atoms with van der Waals surface area (Å²) in [5.74, 6) is -0.326. The fourth-order valence-electron chi connectivity index (χ4n) is 2.30. The van der Waals surface area contributed by atoms with Crippen LogP contribution >= 0.6 is 0 Å². The van der Waals surface area contributed by atoms with Gasteiger partial charge in [-0.15, -0.1) is 0 Å². The third-order valence-corrected chi connectivity index (χ3v) is 3.72. The maximum Gasteiger partial charge on any atom is 0.416 e. The van der Waals surface area contributed by atoms with Crippen molar-refractivity contribution in [1.29, 1.82) is 0 Å². The topological polar surface area (TPSA) is 17.1 Å². The van der Waals surface area contributed by atoms with Crippen molar-refractivity contribution in [3.05, 3.63) is 76.9 Å². The molecule has 0 bridgehead atoms. The van der Waals surface area contributed by atoms with Crippen LogP contribution in [-0.2, 0) is 11.6 Å². The Morgan fingerprint density at radius 1 is 0.917 bits per heavy atom. The lowest BCUT2D eigenvalue weighted by molar-refractivity contribution is -0.137. The summed E-state index contributed by atoms with van der Waals surface area (Å²) < 4.78 is 38.8. The molecule has 0 atom stereocenters. The summed E-state index contributed by atoms with van der Waals surface area (Å²) in [7, 11) is 0. The maximum absolute atomic E-state index is 12.9. The molecule has 0 saturated carbocycles. The van der Waals surface area contributed by atoms with Gasteiger partial charge in [-0.3, -0.25) is 4.79 Å². The average molecular weight is 332 g/mol. The first kappa shape index (κ1) is 18.0. The zero-order valence-electron chi connectivity index (χ0n) is 13.8. The number of rotatable bonds is 3. The van der Waals surface area contributed by atoms with Crippen molar-refractivity contribution in [3.8, 4) is 0 Å². The number of halogens is 3. The molecule has 0 N–H and O–H groups in total. The largest absolute Gasteiger partial charge is 0.416 e. The van der Waals surface area contributed by atoms with Crippen LogP contribution in [-0.4, -0.2) is 5.78 Å². The second-order valence-electron chi connectivity index (χ2n) is 6.61. The van der Waals surface area contributed by atoms with E-state index >= 15 is 0 Å². The van der Waals surface area contributed by atoms with Crippen molar-refractivity contribution in [2.45, 2.75) is 32.4 Å². The maximum atomic E-state index is 12.9. The Morgan fingerprint density at radius 2 is 1.50 bits per heavy atom. The van der Waals surface area contributed by atoms with Gasteiger partial charge in [0.2, 0.25) is 0 Å². The Bertz CT molecular complexity index is 748. The van der Waals surface area contributed by atoms with Gasteiger partial charge < -0.3 is 0 Å². The number of carbonyl (C=O) groups excluding carboxylic acids is 1. The summed E-state index contributed by atoms with van der Waals surface area (Å²) in [5.41, 5.74) is 0.735. The highest BCUT2D eigenvalue weighted by atomic mass is 19.4. The number of carbonyl (C=O) groups is 1. The van der Waals surface area contributed by atoms with E-state index in [9.17, 15) is 18.0 Å². The molecule has 2 aromatic rings. The van der Waals surface area contributed by atoms with E-state index in [1.165, 1.54) is 30.4 Å². The summed E-state index contributed by atoms with van der Waals surface area (Å²) in [6, 6.07) is 12.3. The molecule has 126 valence electrons. The molecule has 0 aliphatic rings. The highest BCUT2D eigenvalue weighted by molar-refractivity contribution is 6.06. The third-order valence-electron chi connectivity index (χ3n) is 3.72. The van der Waals surface area contributed by atoms with Crippen molar-refractivity contribution in [3.63, 3.8) is 0 Å². The van der Waals surface area contributed by atoms with Crippen LogP contribution in [0.4, 0.5) is 13.2 Å². The minimum atomic E-state index is -4.45. The summed E-state index contributed by atoms with van der Waals surface area (Å²) >= 11 is 0. The molecule has 2 rings (SSSR count). The predicted octanol–water partition coefficient (Wildman–Crippen LogP) is 5.90. The number of benzene rings is 2. The molecule has 4 heteroatoms. The van der Waals surface area contributed by atoms with E-state index in [1.54, 1.807) is 12.1 Å². The fraction of sp³-hybridized carbons (Fsp3) is 0.250. The first-order valence-corrected chi connectivity index (χ1v) is 7.58. The third kappa shape index (κ3) is 4.34. The van der Waals surface area contributed by atoms with Crippen LogP contribution in [0.5, 0.6) is 0 Å². The van der Waals surface area contributed by atoms with E-state index in [0.717, 1.165) is 11.6 Å². The van der Waals surface area contributed by atoms with Gasteiger partial charge in [0.1, 0.15) is 0 Å². The lowest BCUT2D eigenvalue weighted by Crippen LogP contribution is -2.11. The van der Waals surface area contributed by atoms with Crippen LogP contribution in [0.15, 0.2) is 54.6 Å². The van der Waals surface area contributed by atoms with Crippen LogP contribution in [0, 0.1) is 0 Å². The molecule has 0 saturated heterocycles. The summed E-state index contributed by atoms with van der Waals surface area (Å²) in [6.45, 7) is 6.20. The highest BCUT2D eigenvalue weighted by Crippen LogP contribution is 2.32. The van der Waals surface area contributed by atoms with Crippen molar-refractivity contribution < 1.29 is 18.0 Å². The van der Waals surface area contributed by atoms with Crippen LogP contribution < -0.4 is 0 Å². The van der Waals surface area contributed by atoms with E-state index in [2.05, 4.69) is 20.8 Å². The van der Waals surface area contributed by atoms with Gasteiger partial charge in [0.15, 0.2) is 5.78 Å². The average Bonchev–Trinajstić information content (AvgIpc) is 2.51. The van der Waals surface area contributed by atoms with E-state index in [1.807, 2.05) is 12.1 Å². The Kier molecular flexibility index (Phi) is 4.97. The molecule has 0 unspecified atom stereocenters. The van der Waals surface area contributed by atoms with E-state index in [4.69, 9.17) is 0 Å². The molecule has 0 radical (unpaired) electrons. The summed E-state index contributed by atoms with van der Waals surface area (Å²) in [4.78, 5) is 12.2. The second kappa shape index (κ2) is 6.63. The zero-order valence-corrected chi connectivity index (χ0v) is 13.8. The van der Waals surface area contributed by atoms with Gasteiger partial charge in [0.05, 0.1) is 5.56 Å². The van der Waals surface area contributed by atoms with Crippen molar-refractivity contribution in [2.24, 2.45) is 0 Å². The molecule has 2 aromatic carbocycles. The number of hydrogen-bond acceptors (Lipinski definition) is 1. The Hall–Kier alpha value is -2.36. The molecular weight excluding hydrogens is 313 g/mol. The Balaban J connectivity index is 2.23. The van der Waals surface area contributed by atoms with Gasteiger partial charge in [-0.2, -0.15) is 13.2 Å². The first-order chi connectivity index (χ1) is 11.1. The molecule has 0 spiro atoms. The molecular formula is C20H19F3O. The lowest BCUT2D eigenvalue weighted by Gasteiger charge is -2.18. The van der Waals surface area contributed by atoms with Gasteiger partial charge >= 0.3 is 6.18 Å². The van der Waals surface area contributed by atoms with Gasteiger partial charge in [-0.1, -0.05) is 69.3 Å². The first-order valence-electron chi connectivity index (χ1n) is 7.58. The van der Waals surface area contributed by atoms with Crippen LogP contribution in [0.25, 0.3) is 6.08 Å². The van der Waals surface area contributed by atoms with E-state index < -0.39 is 11.7 Å². The van der Waals surface area contributed by atoms with Crippen molar-refractivity contribution in [1.82, 2.24) is 0 Å². The Labute approximate surface area is 139 Å². The van der Waals surface area contributed by atoms with Crippen LogP contribution in [0.2, 0.25) is 0 Å². The minimum absolute atomic E-state index is 0.0235. The predicted molar refractivity (Wildman–Crippen MR) is 90.0 cm³/mol. The number of hydrogen-bond donors (Lipinski definition) is 0. The smallest absolute Gasteiger partial charge is 0.289 e. The SMILES string of the molecule is CC(C)(C)c1ccc(C(=O)/C=C/c2ccccc2C(F)(F)F)cc1. The molecule has 0 fully saturated rings. The number of alkyl halides is 3. The van der Waals surface area contributed by atoms with Gasteiger partial charge in [0.25, 0.3) is 0 Å². The van der Waals surface area contributed by atoms with Gasteiger partial charge in [-0.25, -0.2) is 0 Å². The van der Waals surface area contributed by atoms with Crippen molar-refractivity contribution >= 4 is 11.9 Å². The van der Waals surface area contributed by atoms with Gasteiger partial charge in [-0.05, 0) is 28.7 Å². The minimum Gasteiger partial charge on any atom is -0.289 e. The van der Waals surface area contributed by atoms with Gasteiger partial charge in [0, 0.05) is 5.56 Å². The van der Waals surface area contributed by atoms with Crippen molar-refractivity contribution in [2.75, 3.05) is 0 Å². The van der Waals surface area contributed by atoms with E-state index in [-0.39, 0.29) is 16.8 Å². The standard InChI is InChI=1S/C20H19F3O/c1-19(2,3)16-11-8-15(9-12-16)18(24)13-10-14-6-4-5-7-17(14)20(21,22)23/h4-13H,1-3H3/b13-10+.